The lowest BCUT2D eigenvalue weighted by Crippen LogP contribution is -2.28. The van der Waals surface area contributed by atoms with Crippen molar-refractivity contribution < 1.29 is 18.8 Å². The van der Waals surface area contributed by atoms with Gasteiger partial charge in [0.25, 0.3) is 5.91 Å². The third-order valence-electron chi connectivity index (χ3n) is 5.07. The van der Waals surface area contributed by atoms with Crippen molar-refractivity contribution in [1.29, 1.82) is 0 Å². The van der Waals surface area contributed by atoms with Crippen LogP contribution in [0, 0.1) is 20.8 Å². The summed E-state index contributed by atoms with van der Waals surface area (Å²) >= 11 is 0. The van der Waals surface area contributed by atoms with E-state index >= 15 is 0 Å². The van der Waals surface area contributed by atoms with Gasteiger partial charge in [-0.25, -0.2) is 0 Å². The Morgan fingerprint density at radius 3 is 2.69 bits per heavy atom. The molecule has 3 aromatic rings. The van der Waals surface area contributed by atoms with Gasteiger partial charge in [-0.05, 0) is 62.6 Å². The third kappa shape index (κ3) is 4.59. The summed E-state index contributed by atoms with van der Waals surface area (Å²) in [7, 11) is 1.61. The third-order valence-corrected chi connectivity index (χ3v) is 5.07. The van der Waals surface area contributed by atoms with Crippen molar-refractivity contribution in [1.82, 2.24) is 10.5 Å². The number of nitrogens with one attached hydrogen (secondary N) is 1. The SMILES string of the molecule is COc1cccc(C(C)NC(=O)c2noc(C)c2COc2cccc(C)c2C)c1. The zero-order chi connectivity index (χ0) is 21.0. The number of nitrogens with zero attached hydrogens (tertiary/aromatic N) is 1. The Bertz CT molecular complexity index is 1010. The zero-order valence-electron chi connectivity index (χ0n) is 17.4. The van der Waals surface area contributed by atoms with Gasteiger partial charge in [0.1, 0.15) is 23.9 Å². The molecule has 1 N–H and O–H groups in total. The molecular formula is C23H26N2O4. The summed E-state index contributed by atoms with van der Waals surface area (Å²) in [4.78, 5) is 12.8. The lowest BCUT2D eigenvalue weighted by atomic mass is 10.1. The second kappa shape index (κ2) is 8.82. The van der Waals surface area contributed by atoms with Crippen LogP contribution < -0.4 is 14.8 Å². The van der Waals surface area contributed by atoms with Gasteiger partial charge >= 0.3 is 0 Å². The maximum absolute atomic E-state index is 12.8. The minimum absolute atomic E-state index is 0.204. The summed E-state index contributed by atoms with van der Waals surface area (Å²) in [6.45, 7) is 7.93. The van der Waals surface area contributed by atoms with E-state index < -0.39 is 0 Å². The Kier molecular flexibility index (Phi) is 6.22. The van der Waals surface area contributed by atoms with Crippen molar-refractivity contribution in [2.24, 2.45) is 0 Å². The second-order valence-corrected chi connectivity index (χ2v) is 7.02. The van der Waals surface area contributed by atoms with Crippen LogP contribution in [0.25, 0.3) is 0 Å². The number of amides is 1. The van der Waals surface area contributed by atoms with Crippen LogP contribution in [0.5, 0.6) is 11.5 Å². The van der Waals surface area contributed by atoms with E-state index in [1.54, 1.807) is 14.0 Å². The van der Waals surface area contributed by atoms with Crippen molar-refractivity contribution >= 4 is 5.91 Å². The fourth-order valence-corrected chi connectivity index (χ4v) is 3.03. The molecule has 0 saturated heterocycles. The van der Waals surface area contributed by atoms with E-state index in [1.807, 2.05) is 63.2 Å². The predicted octanol–water partition coefficient (Wildman–Crippen LogP) is 4.68. The van der Waals surface area contributed by atoms with Crippen LogP contribution in [-0.2, 0) is 6.61 Å². The maximum Gasteiger partial charge on any atom is 0.274 e. The van der Waals surface area contributed by atoms with Crippen LogP contribution in [0.15, 0.2) is 47.0 Å². The molecule has 1 amide bonds. The highest BCUT2D eigenvalue weighted by atomic mass is 16.5. The number of rotatable bonds is 7. The van der Waals surface area contributed by atoms with E-state index in [2.05, 4.69) is 10.5 Å². The molecule has 6 nitrogen and oxygen atoms in total. The summed E-state index contributed by atoms with van der Waals surface area (Å²) in [5, 5.41) is 6.92. The van der Waals surface area contributed by atoms with Gasteiger partial charge in [-0.2, -0.15) is 0 Å². The number of hydrogen-bond donors (Lipinski definition) is 1. The van der Waals surface area contributed by atoms with Gasteiger partial charge in [-0.1, -0.05) is 29.4 Å². The topological polar surface area (TPSA) is 73.6 Å². The highest BCUT2D eigenvalue weighted by Crippen LogP contribution is 2.24. The minimum Gasteiger partial charge on any atom is -0.497 e. The van der Waals surface area contributed by atoms with E-state index in [0.717, 1.165) is 28.2 Å². The normalized spacial score (nSPS) is 11.8. The van der Waals surface area contributed by atoms with Crippen molar-refractivity contribution in [2.45, 2.75) is 40.3 Å². The molecule has 1 unspecified atom stereocenters. The van der Waals surface area contributed by atoms with Crippen molar-refractivity contribution in [3.63, 3.8) is 0 Å². The van der Waals surface area contributed by atoms with Gasteiger partial charge in [0, 0.05) is 0 Å². The summed E-state index contributed by atoms with van der Waals surface area (Å²) in [5.74, 6) is 1.77. The number of ether oxygens (including phenoxy) is 2. The molecule has 1 aromatic heterocycles. The van der Waals surface area contributed by atoms with Crippen LogP contribution in [0.3, 0.4) is 0 Å². The predicted molar refractivity (Wildman–Crippen MR) is 110 cm³/mol. The quantitative estimate of drug-likeness (QED) is 0.630. The maximum atomic E-state index is 12.8. The average molecular weight is 394 g/mol. The molecule has 1 atom stereocenters. The number of methoxy groups -OCH3 is 1. The summed E-state index contributed by atoms with van der Waals surface area (Å²) in [6, 6.07) is 13.3. The number of hydrogen-bond acceptors (Lipinski definition) is 5. The van der Waals surface area contributed by atoms with E-state index in [9.17, 15) is 4.79 Å². The molecule has 3 rings (SSSR count). The van der Waals surface area contributed by atoms with E-state index in [4.69, 9.17) is 14.0 Å². The Labute approximate surface area is 170 Å². The Morgan fingerprint density at radius 2 is 1.93 bits per heavy atom. The zero-order valence-corrected chi connectivity index (χ0v) is 17.4. The Morgan fingerprint density at radius 1 is 1.17 bits per heavy atom. The van der Waals surface area contributed by atoms with Gasteiger partial charge in [-0.15, -0.1) is 0 Å². The molecule has 1 heterocycles. The number of carbonyl (C=O) groups is 1. The van der Waals surface area contributed by atoms with Gasteiger partial charge in [0.05, 0.1) is 18.7 Å². The molecule has 6 heteroatoms. The first-order chi connectivity index (χ1) is 13.9. The minimum atomic E-state index is -0.309. The molecular weight excluding hydrogens is 368 g/mol. The summed E-state index contributed by atoms with van der Waals surface area (Å²) < 4.78 is 16.5. The lowest BCUT2D eigenvalue weighted by molar-refractivity contribution is 0.0928. The van der Waals surface area contributed by atoms with Crippen LogP contribution in [0.2, 0.25) is 0 Å². The molecule has 152 valence electrons. The summed E-state index contributed by atoms with van der Waals surface area (Å²) in [6.07, 6.45) is 0. The molecule has 0 bridgehead atoms. The van der Waals surface area contributed by atoms with Crippen LogP contribution in [0.1, 0.15) is 51.5 Å². The first-order valence-electron chi connectivity index (χ1n) is 9.49. The number of aryl methyl sites for hydroxylation is 2. The number of carbonyl (C=O) groups excluding carboxylic acids is 1. The lowest BCUT2D eigenvalue weighted by Gasteiger charge is -2.15. The molecule has 0 radical (unpaired) electrons. The molecule has 0 aliphatic heterocycles. The van der Waals surface area contributed by atoms with E-state index in [-0.39, 0.29) is 24.2 Å². The van der Waals surface area contributed by atoms with Crippen molar-refractivity contribution in [3.05, 3.63) is 76.2 Å². The fraction of sp³-hybridized carbons (Fsp3) is 0.304. The van der Waals surface area contributed by atoms with Gasteiger partial charge in [-0.3, -0.25) is 4.79 Å². The second-order valence-electron chi connectivity index (χ2n) is 7.02. The first-order valence-corrected chi connectivity index (χ1v) is 9.49. The standard InChI is InChI=1S/C23H26N2O4/c1-14-8-6-11-21(15(14)2)28-13-20-17(4)29-25-22(20)23(26)24-16(3)18-9-7-10-19(12-18)27-5/h6-12,16H,13H2,1-5H3,(H,24,26). The van der Waals surface area contributed by atoms with Crippen molar-refractivity contribution in [2.75, 3.05) is 7.11 Å². The van der Waals surface area contributed by atoms with Gasteiger partial charge in [0.2, 0.25) is 0 Å². The molecule has 0 aliphatic rings. The van der Waals surface area contributed by atoms with Crippen LogP contribution in [-0.4, -0.2) is 18.2 Å². The molecule has 2 aromatic carbocycles. The Balaban J connectivity index is 1.74. The van der Waals surface area contributed by atoms with E-state index in [1.165, 1.54) is 0 Å². The number of aromatic nitrogens is 1. The van der Waals surface area contributed by atoms with Crippen LogP contribution in [0.4, 0.5) is 0 Å². The molecule has 0 spiro atoms. The summed E-state index contributed by atoms with van der Waals surface area (Å²) in [5.41, 5.74) is 4.03. The van der Waals surface area contributed by atoms with Gasteiger partial charge < -0.3 is 19.3 Å². The smallest absolute Gasteiger partial charge is 0.274 e. The molecule has 29 heavy (non-hydrogen) atoms. The first kappa shape index (κ1) is 20.5. The molecule has 0 saturated carbocycles. The van der Waals surface area contributed by atoms with E-state index in [0.29, 0.717) is 11.3 Å². The van der Waals surface area contributed by atoms with Gasteiger partial charge in [0.15, 0.2) is 5.69 Å². The Hall–Kier alpha value is -3.28. The fourth-order valence-electron chi connectivity index (χ4n) is 3.03. The molecule has 0 fully saturated rings. The largest absolute Gasteiger partial charge is 0.497 e. The average Bonchev–Trinajstić information content (AvgIpc) is 3.09. The van der Waals surface area contributed by atoms with Crippen LogP contribution >= 0.6 is 0 Å². The van der Waals surface area contributed by atoms with Crippen molar-refractivity contribution in [3.8, 4) is 11.5 Å². The number of benzene rings is 2. The highest BCUT2D eigenvalue weighted by molar-refractivity contribution is 5.94. The highest BCUT2D eigenvalue weighted by Gasteiger charge is 2.22. The molecule has 0 aliphatic carbocycles. The monoisotopic (exact) mass is 394 g/mol.